The van der Waals surface area contributed by atoms with E-state index in [2.05, 4.69) is 29.0 Å². The molecule has 0 unspecified atom stereocenters. The normalized spacial score (nSPS) is 22.2. The van der Waals surface area contributed by atoms with Crippen LogP contribution in [0.15, 0.2) is 36.2 Å². The quantitative estimate of drug-likeness (QED) is 0.685. The highest BCUT2D eigenvalue weighted by Gasteiger charge is 2.40. The predicted octanol–water partition coefficient (Wildman–Crippen LogP) is 4.69. The topological polar surface area (TPSA) is 67.3 Å². The van der Waals surface area contributed by atoms with Crippen molar-refractivity contribution >= 4 is 33.3 Å². The number of phenols is 1. The minimum absolute atomic E-state index is 0.0434. The molecule has 1 saturated carbocycles. The maximum Gasteiger partial charge on any atom is 0.166 e. The molecule has 0 amide bonds. The molecule has 3 aromatic rings. The second-order valence-corrected chi connectivity index (χ2v) is 7.86. The molecule has 0 atom stereocenters. The second-order valence-electron chi connectivity index (χ2n) is 6.94. The Labute approximate surface area is 156 Å². The van der Waals surface area contributed by atoms with Gasteiger partial charge in [0.2, 0.25) is 0 Å². The zero-order valence-electron chi connectivity index (χ0n) is 14.8. The highest BCUT2D eigenvalue weighted by Crippen LogP contribution is 2.40. The maximum absolute atomic E-state index is 10.4. The van der Waals surface area contributed by atoms with Gasteiger partial charge in [0, 0.05) is 24.1 Å². The third-order valence-corrected chi connectivity index (χ3v) is 6.01. The average molecular weight is 367 g/mol. The van der Waals surface area contributed by atoms with Gasteiger partial charge in [-0.2, -0.15) is 0 Å². The van der Waals surface area contributed by atoms with Gasteiger partial charge in [-0.3, -0.25) is 0 Å². The van der Waals surface area contributed by atoms with Gasteiger partial charge in [-0.1, -0.05) is 18.7 Å². The number of benzene rings is 1. The molecular formula is C20H21N3O2S. The van der Waals surface area contributed by atoms with Crippen molar-refractivity contribution in [1.82, 2.24) is 10.2 Å². The molecular weight excluding hydrogens is 346 g/mol. The van der Waals surface area contributed by atoms with Gasteiger partial charge in [-0.15, -0.1) is 21.5 Å². The molecule has 26 heavy (non-hydrogen) atoms. The summed E-state index contributed by atoms with van der Waals surface area (Å²) < 4.78 is 6.56. The van der Waals surface area contributed by atoms with Crippen LogP contribution in [0.5, 0.6) is 5.75 Å². The van der Waals surface area contributed by atoms with Crippen molar-refractivity contribution in [2.45, 2.75) is 31.4 Å². The van der Waals surface area contributed by atoms with Gasteiger partial charge in [-0.05, 0) is 48.9 Å². The van der Waals surface area contributed by atoms with Crippen molar-refractivity contribution in [3.63, 3.8) is 0 Å². The van der Waals surface area contributed by atoms with Crippen molar-refractivity contribution < 1.29 is 9.84 Å². The Kier molecular flexibility index (Phi) is 4.17. The third-order valence-electron chi connectivity index (χ3n) is 5.09. The number of hydrogen-bond donors (Lipinski definition) is 2. The van der Waals surface area contributed by atoms with Crippen LogP contribution in [0.25, 0.3) is 27.4 Å². The van der Waals surface area contributed by atoms with E-state index in [-0.39, 0.29) is 11.4 Å². The Balaban J connectivity index is 1.67. The van der Waals surface area contributed by atoms with E-state index in [0.717, 1.165) is 34.3 Å². The zero-order valence-corrected chi connectivity index (χ0v) is 15.6. The van der Waals surface area contributed by atoms with Crippen molar-refractivity contribution in [3.8, 4) is 17.0 Å². The third kappa shape index (κ3) is 2.85. The molecule has 0 saturated heterocycles. The number of hydrogen-bond acceptors (Lipinski definition) is 6. The van der Waals surface area contributed by atoms with E-state index in [1.165, 1.54) is 0 Å². The summed E-state index contributed by atoms with van der Waals surface area (Å²) in [7, 11) is 1.76. The molecule has 4 rings (SSSR count). The minimum Gasteiger partial charge on any atom is -0.507 e. The SMILES string of the molecule is C=Cc1ccc(-c2nnc(NC3CC(C)(OC)C3)c3sccc23)c(O)c1. The predicted molar refractivity (Wildman–Crippen MR) is 107 cm³/mol. The first-order valence-electron chi connectivity index (χ1n) is 8.54. The number of nitrogens with zero attached hydrogens (tertiary/aromatic N) is 2. The van der Waals surface area contributed by atoms with Crippen LogP contribution in [-0.4, -0.2) is 34.1 Å². The maximum atomic E-state index is 10.4. The standard InChI is InChI=1S/C20H21N3O2S/c1-4-12-5-6-14(16(24)9-12)17-15-7-8-26-18(15)19(23-22-17)21-13-10-20(2,11-13)25-3/h4-9,13,24H,1,10-11H2,2-3H3,(H,21,23). The fourth-order valence-electron chi connectivity index (χ4n) is 3.49. The molecule has 0 aliphatic heterocycles. The number of fused-ring (bicyclic) bond motifs is 1. The van der Waals surface area contributed by atoms with Gasteiger partial charge in [0.15, 0.2) is 5.82 Å². The van der Waals surface area contributed by atoms with E-state index in [9.17, 15) is 5.11 Å². The van der Waals surface area contributed by atoms with E-state index < -0.39 is 0 Å². The molecule has 0 bridgehead atoms. The molecule has 1 aliphatic carbocycles. The highest BCUT2D eigenvalue weighted by molar-refractivity contribution is 7.17. The Morgan fingerprint density at radius 3 is 2.85 bits per heavy atom. The monoisotopic (exact) mass is 367 g/mol. The number of rotatable bonds is 5. The van der Waals surface area contributed by atoms with Crippen molar-refractivity contribution in [1.29, 1.82) is 0 Å². The van der Waals surface area contributed by atoms with Crippen LogP contribution < -0.4 is 5.32 Å². The van der Waals surface area contributed by atoms with Crippen LogP contribution in [0.2, 0.25) is 0 Å². The summed E-state index contributed by atoms with van der Waals surface area (Å²) in [5, 5.41) is 25.7. The average Bonchev–Trinajstić information content (AvgIpc) is 3.11. The van der Waals surface area contributed by atoms with Gasteiger partial charge < -0.3 is 15.2 Å². The summed E-state index contributed by atoms with van der Waals surface area (Å²) in [6, 6.07) is 7.82. The van der Waals surface area contributed by atoms with Crippen molar-refractivity contribution in [2.24, 2.45) is 0 Å². The molecule has 2 N–H and O–H groups in total. The minimum atomic E-state index is -0.0434. The Morgan fingerprint density at radius 1 is 1.35 bits per heavy atom. The molecule has 1 aromatic carbocycles. The van der Waals surface area contributed by atoms with E-state index in [0.29, 0.717) is 17.3 Å². The number of methoxy groups -OCH3 is 1. The number of phenolic OH excluding ortho intramolecular Hbond substituents is 1. The number of nitrogens with one attached hydrogen (secondary N) is 1. The molecule has 2 aromatic heterocycles. The first-order chi connectivity index (χ1) is 12.5. The molecule has 0 radical (unpaired) electrons. The summed E-state index contributed by atoms with van der Waals surface area (Å²) in [6.07, 6.45) is 3.60. The number of ether oxygens (including phenoxy) is 1. The summed E-state index contributed by atoms with van der Waals surface area (Å²) in [6.45, 7) is 5.85. The Hall–Kier alpha value is -2.44. The number of anilines is 1. The smallest absolute Gasteiger partial charge is 0.166 e. The van der Waals surface area contributed by atoms with Crippen LogP contribution in [0.1, 0.15) is 25.3 Å². The fourth-order valence-corrected chi connectivity index (χ4v) is 4.34. The summed E-state index contributed by atoms with van der Waals surface area (Å²) >= 11 is 1.62. The summed E-state index contributed by atoms with van der Waals surface area (Å²) in [4.78, 5) is 0. The van der Waals surface area contributed by atoms with E-state index in [1.807, 2.05) is 23.6 Å². The lowest BCUT2D eigenvalue weighted by molar-refractivity contribution is -0.0625. The fraction of sp³-hybridized carbons (Fsp3) is 0.300. The first-order valence-corrected chi connectivity index (χ1v) is 9.42. The van der Waals surface area contributed by atoms with Crippen LogP contribution in [0, 0.1) is 0 Å². The van der Waals surface area contributed by atoms with Gasteiger partial charge in [0.25, 0.3) is 0 Å². The molecule has 2 heterocycles. The Bertz CT molecular complexity index is 976. The van der Waals surface area contributed by atoms with Crippen LogP contribution in [0.3, 0.4) is 0 Å². The first kappa shape index (κ1) is 17.0. The summed E-state index contributed by atoms with van der Waals surface area (Å²) in [5.41, 5.74) is 2.19. The van der Waals surface area contributed by atoms with E-state index in [4.69, 9.17) is 4.74 Å². The van der Waals surface area contributed by atoms with Crippen LogP contribution >= 0.6 is 11.3 Å². The Morgan fingerprint density at radius 2 is 2.15 bits per heavy atom. The second kappa shape index (κ2) is 6.37. The van der Waals surface area contributed by atoms with Crippen molar-refractivity contribution in [2.75, 3.05) is 12.4 Å². The largest absolute Gasteiger partial charge is 0.507 e. The van der Waals surface area contributed by atoms with E-state index in [1.54, 1.807) is 30.6 Å². The van der Waals surface area contributed by atoms with Gasteiger partial charge in [0.1, 0.15) is 11.4 Å². The lowest BCUT2D eigenvalue weighted by Gasteiger charge is -2.44. The van der Waals surface area contributed by atoms with Crippen LogP contribution in [-0.2, 0) is 4.74 Å². The van der Waals surface area contributed by atoms with Gasteiger partial charge in [0.05, 0.1) is 10.3 Å². The lowest BCUT2D eigenvalue weighted by atomic mass is 9.77. The zero-order chi connectivity index (χ0) is 18.3. The van der Waals surface area contributed by atoms with Gasteiger partial charge in [-0.25, -0.2) is 0 Å². The molecule has 1 fully saturated rings. The summed E-state index contributed by atoms with van der Waals surface area (Å²) in [5.74, 6) is 0.976. The molecule has 1 aliphatic rings. The molecule has 6 heteroatoms. The number of thiophene rings is 1. The molecule has 5 nitrogen and oxygen atoms in total. The van der Waals surface area contributed by atoms with Crippen molar-refractivity contribution in [3.05, 3.63) is 41.8 Å². The molecule has 0 spiro atoms. The van der Waals surface area contributed by atoms with Crippen LogP contribution in [0.4, 0.5) is 5.82 Å². The highest BCUT2D eigenvalue weighted by atomic mass is 32.1. The lowest BCUT2D eigenvalue weighted by Crippen LogP contribution is -2.49. The van der Waals surface area contributed by atoms with E-state index >= 15 is 0 Å². The van der Waals surface area contributed by atoms with Gasteiger partial charge >= 0.3 is 0 Å². The number of aromatic nitrogens is 2. The molecule has 134 valence electrons. The number of aromatic hydroxyl groups is 1.